The van der Waals surface area contributed by atoms with Crippen molar-refractivity contribution in [3.05, 3.63) is 41.2 Å². The van der Waals surface area contributed by atoms with E-state index in [1.54, 1.807) is 6.07 Å². The Kier molecular flexibility index (Phi) is 4.18. The SMILES string of the molecule is Cc1cc(F)c(-c2c(P)cc(C)cc2P)c(P)c1. The van der Waals surface area contributed by atoms with Crippen LogP contribution in [0.25, 0.3) is 11.1 Å². The van der Waals surface area contributed by atoms with E-state index in [1.165, 1.54) is 5.56 Å². The molecule has 3 unspecified atom stereocenters. The summed E-state index contributed by atoms with van der Waals surface area (Å²) in [5.41, 5.74) is 3.72. The second kappa shape index (κ2) is 5.34. The molecule has 4 heteroatoms. The molecule has 0 aliphatic rings. The van der Waals surface area contributed by atoms with Crippen molar-refractivity contribution in [2.24, 2.45) is 0 Å². The van der Waals surface area contributed by atoms with Crippen LogP contribution in [0.1, 0.15) is 11.1 Å². The van der Waals surface area contributed by atoms with Gasteiger partial charge in [0, 0.05) is 5.56 Å². The van der Waals surface area contributed by atoms with Gasteiger partial charge < -0.3 is 0 Å². The lowest BCUT2D eigenvalue weighted by Gasteiger charge is -2.15. The first kappa shape index (κ1) is 14.1. The van der Waals surface area contributed by atoms with Crippen LogP contribution < -0.4 is 15.9 Å². The molecule has 2 rings (SSSR count). The third-order valence-corrected chi connectivity index (χ3v) is 4.22. The number of aryl methyl sites for hydroxylation is 2. The summed E-state index contributed by atoms with van der Waals surface area (Å²) < 4.78 is 14.2. The van der Waals surface area contributed by atoms with Gasteiger partial charge in [-0.3, -0.25) is 0 Å². The van der Waals surface area contributed by atoms with E-state index < -0.39 is 0 Å². The summed E-state index contributed by atoms with van der Waals surface area (Å²) in [6.45, 7) is 3.94. The average Bonchev–Trinajstić information content (AvgIpc) is 2.20. The fraction of sp³-hybridized carbons (Fsp3) is 0.143. The van der Waals surface area contributed by atoms with Crippen LogP contribution in [0.5, 0.6) is 0 Å². The first-order chi connectivity index (χ1) is 8.40. The van der Waals surface area contributed by atoms with E-state index in [1.807, 2.05) is 19.9 Å². The highest BCUT2D eigenvalue weighted by molar-refractivity contribution is 7.31. The molecule has 0 spiro atoms. The van der Waals surface area contributed by atoms with Crippen LogP contribution in [0.3, 0.4) is 0 Å². The lowest BCUT2D eigenvalue weighted by atomic mass is 10.0. The minimum Gasteiger partial charge on any atom is -0.206 e. The van der Waals surface area contributed by atoms with Crippen LogP contribution >= 0.6 is 27.7 Å². The van der Waals surface area contributed by atoms with Crippen molar-refractivity contribution in [2.45, 2.75) is 13.8 Å². The number of halogens is 1. The predicted octanol–water partition coefficient (Wildman–Crippen LogP) is 2.61. The van der Waals surface area contributed by atoms with Crippen LogP contribution in [0.15, 0.2) is 24.3 Å². The van der Waals surface area contributed by atoms with E-state index in [-0.39, 0.29) is 5.82 Å². The fourth-order valence-corrected chi connectivity index (χ4v) is 4.02. The predicted molar refractivity (Wildman–Crippen MR) is 89.3 cm³/mol. The first-order valence-corrected chi connectivity index (χ1v) is 7.35. The number of rotatable bonds is 1. The van der Waals surface area contributed by atoms with Crippen molar-refractivity contribution < 1.29 is 4.39 Å². The Morgan fingerprint density at radius 2 is 1.11 bits per heavy atom. The van der Waals surface area contributed by atoms with Gasteiger partial charge in [-0.1, -0.05) is 18.2 Å². The quantitative estimate of drug-likeness (QED) is 0.710. The lowest BCUT2D eigenvalue weighted by Crippen LogP contribution is -2.15. The molecule has 0 radical (unpaired) electrons. The standard InChI is InChI=1S/C14H16FP3/c1-7-3-9(15)13(10(16)4-7)14-11(17)5-8(2)6-12(14)18/h3-6H,16-18H2,1-2H3. The molecular weight excluding hydrogens is 280 g/mol. The van der Waals surface area contributed by atoms with Gasteiger partial charge in [0.25, 0.3) is 0 Å². The van der Waals surface area contributed by atoms with Gasteiger partial charge in [-0.15, -0.1) is 27.7 Å². The summed E-state index contributed by atoms with van der Waals surface area (Å²) in [5, 5.41) is 2.93. The third-order valence-electron chi connectivity index (χ3n) is 2.86. The smallest absolute Gasteiger partial charge is 0.131 e. The monoisotopic (exact) mass is 296 g/mol. The second-order valence-corrected chi connectivity index (χ2v) is 6.40. The van der Waals surface area contributed by atoms with Crippen LogP contribution in [0.4, 0.5) is 4.39 Å². The highest BCUT2D eigenvalue weighted by Crippen LogP contribution is 2.24. The normalized spacial score (nSPS) is 10.8. The van der Waals surface area contributed by atoms with Gasteiger partial charge in [0.05, 0.1) is 0 Å². The van der Waals surface area contributed by atoms with E-state index in [9.17, 15) is 4.39 Å². The Bertz CT molecular complexity index is 519. The maximum absolute atomic E-state index is 14.2. The highest BCUT2D eigenvalue weighted by Gasteiger charge is 2.14. The molecule has 0 fully saturated rings. The molecule has 3 atom stereocenters. The molecule has 0 saturated carbocycles. The number of hydrogen-bond acceptors (Lipinski definition) is 0. The third kappa shape index (κ3) is 2.65. The van der Waals surface area contributed by atoms with Crippen molar-refractivity contribution in [3.8, 4) is 11.1 Å². The molecule has 0 heterocycles. The zero-order valence-electron chi connectivity index (χ0n) is 10.4. The summed E-state index contributed by atoms with van der Waals surface area (Å²) in [6, 6.07) is 7.67. The van der Waals surface area contributed by atoms with Gasteiger partial charge in [-0.25, -0.2) is 4.39 Å². The largest absolute Gasteiger partial charge is 0.206 e. The van der Waals surface area contributed by atoms with Gasteiger partial charge in [0.2, 0.25) is 0 Å². The Morgan fingerprint density at radius 3 is 1.56 bits per heavy atom. The van der Waals surface area contributed by atoms with Gasteiger partial charge in [-0.2, -0.15) is 0 Å². The second-order valence-electron chi connectivity index (χ2n) is 4.53. The van der Waals surface area contributed by atoms with Crippen molar-refractivity contribution in [1.82, 2.24) is 0 Å². The molecule has 0 saturated heterocycles. The van der Waals surface area contributed by atoms with Crippen LogP contribution in [0.2, 0.25) is 0 Å². The van der Waals surface area contributed by atoms with E-state index in [4.69, 9.17) is 0 Å². The Morgan fingerprint density at radius 1 is 0.722 bits per heavy atom. The molecular formula is C14H16FP3. The average molecular weight is 296 g/mol. The number of hydrogen-bond donors (Lipinski definition) is 0. The first-order valence-electron chi connectivity index (χ1n) is 5.61. The van der Waals surface area contributed by atoms with Crippen LogP contribution in [-0.4, -0.2) is 0 Å². The molecule has 0 aliphatic heterocycles. The zero-order valence-corrected chi connectivity index (χ0v) is 13.9. The summed E-state index contributed by atoms with van der Waals surface area (Å²) in [4.78, 5) is 0. The van der Waals surface area contributed by atoms with Crippen LogP contribution in [-0.2, 0) is 0 Å². The molecule has 2 aromatic rings. The summed E-state index contributed by atoms with van der Waals surface area (Å²) in [6.07, 6.45) is 0. The van der Waals surface area contributed by atoms with E-state index in [2.05, 4.69) is 39.9 Å². The van der Waals surface area contributed by atoms with Crippen molar-refractivity contribution in [1.29, 1.82) is 0 Å². The van der Waals surface area contributed by atoms with Crippen molar-refractivity contribution in [2.75, 3.05) is 0 Å². The Labute approximate surface area is 114 Å². The molecule has 2 aromatic carbocycles. The van der Waals surface area contributed by atoms with Crippen LogP contribution in [0, 0.1) is 19.7 Å². The molecule has 0 amide bonds. The van der Waals surface area contributed by atoms with Crippen molar-refractivity contribution in [3.63, 3.8) is 0 Å². The van der Waals surface area contributed by atoms with Gasteiger partial charge in [0.1, 0.15) is 5.82 Å². The van der Waals surface area contributed by atoms with E-state index in [0.29, 0.717) is 5.56 Å². The Hall–Kier alpha value is -0.340. The maximum Gasteiger partial charge on any atom is 0.131 e. The zero-order chi connectivity index (χ0) is 13.4. The molecule has 18 heavy (non-hydrogen) atoms. The Balaban J connectivity index is 2.78. The van der Waals surface area contributed by atoms with E-state index >= 15 is 0 Å². The maximum atomic E-state index is 14.2. The van der Waals surface area contributed by atoms with Gasteiger partial charge in [-0.05, 0) is 52.5 Å². The molecule has 0 nitrogen and oxygen atoms in total. The lowest BCUT2D eigenvalue weighted by molar-refractivity contribution is 0.631. The number of benzene rings is 2. The topological polar surface area (TPSA) is 0 Å². The molecule has 0 aliphatic carbocycles. The molecule has 94 valence electrons. The molecule has 0 bridgehead atoms. The van der Waals surface area contributed by atoms with E-state index in [0.717, 1.165) is 27.0 Å². The highest BCUT2D eigenvalue weighted by atomic mass is 31.0. The van der Waals surface area contributed by atoms with Gasteiger partial charge in [0.15, 0.2) is 0 Å². The summed E-state index contributed by atoms with van der Waals surface area (Å²) >= 11 is 0. The van der Waals surface area contributed by atoms with Gasteiger partial charge >= 0.3 is 0 Å². The molecule has 0 N–H and O–H groups in total. The minimum atomic E-state index is -0.170. The summed E-state index contributed by atoms with van der Waals surface area (Å²) in [5.74, 6) is -0.170. The fourth-order valence-electron chi connectivity index (χ4n) is 2.16. The molecule has 0 aromatic heterocycles. The van der Waals surface area contributed by atoms with Crippen molar-refractivity contribution >= 4 is 43.6 Å². The minimum absolute atomic E-state index is 0.170. The summed E-state index contributed by atoms with van der Waals surface area (Å²) in [7, 11) is 8.02.